The minimum absolute atomic E-state index is 0.144. The second-order valence-electron chi connectivity index (χ2n) is 10.7. The van der Waals surface area contributed by atoms with Gasteiger partial charge in [0.1, 0.15) is 17.5 Å². The molecule has 5 atom stereocenters. The predicted molar refractivity (Wildman–Crippen MR) is 142 cm³/mol. The highest BCUT2D eigenvalue weighted by atomic mass is 35.5. The smallest absolute Gasteiger partial charge is 0.266 e. The second kappa shape index (κ2) is 10.3. The summed E-state index contributed by atoms with van der Waals surface area (Å²) < 4.78 is 29.8. The van der Waals surface area contributed by atoms with Gasteiger partial charge in [-0.2, -0.15) is 5.10 Å². The van der Waals surface area contributed by atoms with Crippen LogP contribution in [-0.2, 0) is 17.4 Å². The van der Waals surface area contributed by atoms with E-state index in [9.17, 15) is 19.1 Å². The number of rotatable bonds is 4. The Balaban J connectivity index is 1.44. The van der Waals surface area contributed by atoms with Gasteiger partial charge in [0.15, 0.2) is 0 Å². The number of amides is 1. The molecule has 2 aromatic heterocycles. The van der Waals surface area contributed by atoms with Crippen LogP contribution in [0.5, 0.6) is 0 Å². The molecule has 0 aliphatic carbocycles. The van der Waals surface area contributed by atoms with Crippen LogP contribution in [0, 0.1) is 29.4 Å². The maximum atomic E-state index is 15.1. The Hall–Kier alpha value is -3.37. The van der Waals surface area contributed by atoms with Crippen LogP contribution in [-0.4, -0.2) is 56.9 Å². The third kappa shape index (κ3) is 4.91. The van der Waals surface area contributed by atoms with Crippen molar-refractivity contribution in [2.45, 2.75) is 25.4 Å². The molecule has 1 unspecified atom stereocenters. The lowest BCUT2D eigenvalue weighted by Crippen LogP contribution is -2.57. The van der Waals surface area contributed by atoms with Crippen molar-refractivity contribution in [3.63, 3.8) is 0 Å². The Morgan fingerprint density at radius 2 is 1.72 bits per heavy atom. The number of pyridine rings is 1. The molecule has 2 aliphatic rings. The first-order valence-electron chi connectivity index (χ1n) is 12.9. The molecule has 5 rings (SSSR count). The molecule has 39 heavy (non-hydrogen) atoms. The number of benzene rings is 1. The lowest BCUT2D eigenvalue weighted by atomic mass is 9.70. The highest BCUT2D eigenvalue weighted by molar-refractivity contribution is 6.30. The first-order valence-corrected chi connectivity index (χ1v) is 13.2. The second-order valence-corrected chi connectivity index (χ2v) is 11.1. The number of aliphatic hydroxyl groups is 1. The average molecular weight is 558 g/mol. The summed E-state index contributed by atoms with van der Waals surface area (Å²) in [5.41, 5.74) is -0.758. The van der Waals surface area contributed by atoms with Crippen LogP contribution >= 0.6 is 11.6 Å². The van der Waals surface area contributed by atoms with E-state index >= 15 is 4.39 Å². The third-order valence-electron chi connectivity index (χ3n) is 8.20. The molecule has 0 spiro atoms. The van der Waals surface area contributed by atoms with E-state index in [2.05, 4.69) is 10.1 Å². The minimum atomic E-state index is -1.24. The molecule has 1 aromatic carbocycles. The van der Waals surface area contributed by atoms with Gasteiger partial charge < -0.3 is 14.9 Å². The van der Waals surface area contributed by atoms with E-state index in [1.807, 2.05) is 18.7 Å². The van der Waals surface area contributed by atoms with Crippen molar-refractivity contribution in [2.75, 3.05) is 31.1 Å². The van der Waals surface area contributed by atoms with Crippen LogP contribution in [0.3, 0.4) is 0 Å². The highest BCUT2D eigenvalue weighted by Gasteiger charge is 2.49. The van der Waals surface area contributed by atoms with Crippen LogP contribution in [0.1, 0.15) is 31.0 Å². The summed E-state index contributed by atoms with van der Waals surface area (Å²) in [5, 5.41) is 16.2. The molecule has 1 amide bonds. The number of hydrogen-bond acceptors (Lipinski definition) is 6. The molecule has 0 radical (unpaired) electrons. The molecule has 0 bridgehead atoms. The molecule has 1 N–H and O–H groups in total. The van der Waals surface area contributed by atoms with Gasteiger partial charge in [0, 0.05) is 63.2 Å². The number of hydrogen-bond donors (Lipinski definition) is 1. The zero-order chi connectivity index (χ0) is 28.1. The van der Waals surface area contributed by atoms with Crippen LogP contribution in [0.4, 0.5) is 14.6 Å². The highest BCUT2D eigenvalue weighted by Crippen LogP contribution is 2.43. The number of carbonyl (C=O) groups excluding carboxylic acids is 1. The van der Waals surface area contributed by atoms with Crippen molar-refractivity contribution in [1.82, 2.24) is 19.7 Å². The Labute approximate surface area is 229 Å². The Kier molecular flexibility index (Phi) is 7.19. The quantitative estimate of drug-likeness (QED) is 0.529. The number of halogens is 3. The minimum Gasteiger partial charge on any atom is -0.384 e. The molecule has 8 nitrogen and oxygen atoms in total. The zero-order valence-corrected chi connectivity index (χ0v) is 22.6. The van der Waals surface area contributed by atoms with E-state index in [0.29, 0.717) is 11.4 Å². The number of carbonyl (C=O) groups is 1. The number of nitrogens with zero attached hydrogens (tertiary/aromatic N) is 5. The predicted octanol–water partition coefficient (Wildman–Crippen LogP) is 3.33. The van der Waals surface area contributed by atoms with Crippen LogP contribution in [0.2, 0.25) is 5.02 Å². The average Bonchev–Trinajstić information content (AvgIpc) is 3.33. The van der Waals surface area contributed by atoms with Crippen LogP contribution in [0.15, 0.2) is 53.5 Å². The molecule has 2 aliphatic heterocycles. The molecule has 206 valence electrons. The van der Waals surface area contributed by atoms with Crippen molar-refractivity contribution in [2.24, 2.45) is 24.8 Å². The number of anilines is 1. The summed E-state index contributed by atoms with van der Waals surface area (Å²) in [6, 6.07) is 9.99. The van der Waals surface area contributed by atoms with Gasteiger partial charge in [0.2, 0.25) is 5.91 Å². The fourth-order valence-electron chi connectivity index (χ4n) is 6.07. The summed E-state index contributed by atoms with van der Waals surface area (Å²) in [5.74, 6) is -2.58. The Morgan fingerprint density at radius 1 is 1.05 bits per heavy atom. The standard InChI is InChI=1S/C28H30ClF2N5O3/c1-16-12-36(13-17(2)28(16,39)18-4-6-20(30)7-5-18)27(38)22-15-35(24-8-9-25(37)34(3)33-24)14-21(22)26-23(31)10-19(29)11-32-26/h4-11,16-17,21-22,39H,12-15H2,1-3H3/t16-,17+,21-,22+,28?/m1/s1. The van der Waals surface area contributed by atoms with E-state index in [-0.39, 0.29) is 66.0 Å². The molecular weight excluding hydrogens is 528 g/mol. The SMILES string of the molecule is C[C@@H]1CN(C(=O)[C@H]2CN(c3ccc(=O)n(C)n3)C[C@H]2c2ncc(Cl)cc2F)C[C@H](C)C1(O)c1ccc(F)cc1. The van der Waals surface area contributed by atoms with Crippen molar-refractivity contribution in [3.05, 3.63) is 86.9 Å². The van der Waals surface area contributed by atoms with Gasteiger partial charge in [-0.15, -0.1) is 0 Å². The molecule has 4 heterocycles. The summed E-state index contributed by atoms with van der Waals surface area (Å²) in [7, 11) is 1.54. The summed E-state index contributed by atoms with van der Waals surface area (Å²) >= 11 is 5.94. The largest absolute Gasteiger partial charge is 0.384 e. The third-order valence-corrected chi connectivity index (χ3v) is 8.41. The summed E-state index contributed by atoms with van der Waals surface area (Å²) in [4.78, 5) is 33.8. The molecular formula is C28H30ClF2N5O3. The maximum absolute atomic E-state index is 15.1. The van der Waals surface area contributed by atoms with Gasteiger partial charge in [0.05, 0.1) is 22.2 Å². The van der Waals surface area contributed by atoms with E-state index in [1.54, 1.807) is 30.1 Å². The number of aryl methyl sites for hydroxylation is 1. The van der Waals surface area contributed by atoms with Crippen LogP contribution < -0.4 is 10.5 Å². The normalized spacial score (nSPS) is 27.2. The van der Waals surface area contributed by atoms with Gasteiger partial charge in [-0.3, -0.25) is 14.6 Å². The molecule has 3 aromatic rings. The molecule has 0 saturated carbocycles. The molecule has 2 fully saturated rings. The molecule has 11 heteroatoms. The van der Waals surface area contributed by atoms with E-state index in [4.69, 9.17) is 11.6 Å². The van der Waals surface area contributed by atoms with Crippen molar-refractivity contribution in [1.29, 1.82) is 0 Å². The number of piperidine rings is 1. The van der Waals surface area contributed by atoms with Gasteiger partial charge >= 0.3 is 0 Å². The van der Waals surface area contributed by atoms with Crippen LogP contribution in [0.25, 0.3) is 0 Å². The first kappa shape index (κ1) is 27.2. The number of likely N-dealkylation sites (tertiary alicyclic amines) is 1. The van der Waals surface area contributed by atoms with Gasteiger partial charge in [-0.25, -0.2) is 13.5 Å². The summed E-state index contributed by atoms with van der Waals surface area (Å²) in [6.07, 6.45) is 1.36. The monoisotopic (exact) mass is 557 g/mol. The topological polar surface area (TPSA) is 91.6 Å². The van der Waals surface area contributed by atoms with Crippen molar-refractivity contribution >= 4 is 23.3 Å². The maximum Gasteiger partial charge on any atom is 0.266 e. The summed E-state index contributed by atoms with van der Waals surface area (Å²) in [6.45, 7) is 4.80. The molecule has 2 saturated heterocycles. The van der Waals surface area contributed by atoms with Gasteiger partial charge in [-0.05, 0) is 29.8 Å². The lowest BCUT2D eigenvalue weighted by molar-refractivity contribution is -0.152. The Morgan fingerprint density at radius 3 is 2.33 bits per heavy atom. The first-order chi connectivity index (χ1) is 18.5. The van der Waals surface area contributed by atoms with E-state index < -0.39 is 23.3 Å². The van der Waals surface area contributed by atoms with Crippen molar-refractivity contribution < 1.29 is 18.7 Å². The fourth-order valence-corrected chi connectivity index (χ4v) is 6.22. The van der Waals surface area contributed by atoms with E-state index in [0.717, 1.165) is 0 Å². The van der Waals surface area contributed by atoms with Gasteiger partial charge in [0.25, 0.3) is 5.56 Å². The fraction of sp³-hybridized carbons (Fsp3) is 0.429. The Bertz CT molecular complexity index is 1440. The number of aromatic nitrogens is 3. The van der Waals surface area contributed by atoms with Gasteiger partial charge in [-0.1, -0.05) is 37.6 Å². The zero-order valence-electron chi connectivity index (χ0n) is 21.9. The van der Waals surface area contributed by atoms with E-state index in [1.165, 1.54) is 35.1 Å². The van der Waals surface area contributed by atoms with Crippen molar-refractivity contribution in [3.8, 4) is 0 Å². The lowest BCUT2D eigenvalue weighted by Gasteiger charge is -2.48.